The van der Waals surface area contributed by atoms with E-state index < -0.39 is 0 Å². The molecule has 2 aromatic heterocycles. The zero-order valence-electron chi connectivity index (χ0n) is 17.4. The van der Waals surface area contributed by atoms with Crippen LogP contribution in [-0.4, -0.2) is 21.9 Å². The summed E-state index contributed by atoms with van der Waals surface area (Å²) < 4.78 is 13.8. The molecule has 4 nitrogen and oxygen atoms in total. The first-order chi connectivity index (χ1) is 15.0. The van der Waals surface area contributed by atoms with E-state index in [1.165, 1.54) is 11.6 Å². The van der Waals surface area contributed by atoms with Crippen LogP contribution < -0.4 is 5.32 Å². The van der Waals surface area contributed by atoms with Gasteiger partial charge in [0.2, 0.25) is 0 Å². The molecule has 2 fully saturated rings. The van der Waals surface area contributed by atoms with E-state index in [0.717, 1.165) is 53.2 Å². The molecule has 0 radical (unpaired) electrons. The lowest BCUT2D eigenvalue weighted by atomic mass is 9.49. The molecule has 6 rings (SSSR count). The SMILES string of the molecule is Cc1[nH]c2ccc(F)cc2c1C1CC2(CC(NC(=O)c3ccc4ccccc4n3)C2)C1. The number of aryl methyl sites for hydroxylation is 1. The smallest absolute Gasteiger partial charge is 0.270 e. The highest BCUT2D eigenvalue weighted by molar-refractivity contribution is 5.95. The minimum absolute atomic E-state index is 0.0931. The van der Waals surface area contributed by atoms with Gasteiger partial charge in [0.1, 0.15) is 11.5 Å². The summed E-state index contributed by atoms with van der Waals surface area (Å²) in [6.07, 6.45) is 4.24. The summed E-state index contributed by atoms with van der Waals surface area (Å²) in [6.45, 7) is 2.08. The van der Waals surface area contributed by atoms with Crippen molar-refractivity contribution in [2.75, 3.05) is 0 Å². The van der Waals surface area contributed by atoms with Crippen molar-refractivity contribution >= 4 is 27.7 Å². The summed E-state index contributed by atoms with van der Waals surface area (Å²) in [5, 5.41) is 5.22. The zero-order chi connectivity index (χ0) is 21.2. The predicted molar refractivity (Wildman–Crippen MR) is 120 cm³/mol. The summed E-state index contributed by atoms with van der Waals surface area (Å²) >= 11 is 0. The van der Waals surface area contributed by atoms with Crippen LogP contribution >= 0.6 is 0 Å². The van der Waals surface area contributed by atoms with Crippen LogP contribution in [-0.2, 0) is 0 Å². The Labute approximate surface area is 179 Å². The van der Waals surface area contributed by atoms with Gasteiger partial charge < -0.3 is 10.3 Å². The monoisotopic (exact) mass is 413 g/mol. The average Bonchev–Trinajstić information content (AvgIpc) is 3.03. The third-order valence-corrected chi connectivity index (χ3v) is 7.29. The molecular weight excluding hydrogens is 389 g/mol. The van der Waals surface area contributed by atoms with Crippen molar-refractivity contribution in [3.05, 3.63) is 77.4 Å². The molecule has 1 spiro atoms. The highest BCUT2D eigenvalue weighted by Crippen LogP contribution is 2.62. The van der Waals surface area contributed by atoms with Crippen molar-refractivity contribution in [3.63, 3.8) is 0 Å². The van der Waals surface area contributed by atoms with Crippen molar-refractivity contribution < 1.29 is 9.18 Å². The largest absolute Gasteiger partial charge is 0.358 e. The minimum atomic E-state index is -0.185. The number of fused-ring (bicyclic) bond motifs is 2. The van der Waals surface area contributed by atoms with Gasteiger partial charge in [-0.2, -0.15) is 0 Å². The molecule has 2 aromatic carbocycles. The molecule has 2 aliphatic rings. The van der Waals surface area contributed by atoms with Crippen molar-refractivity contribution in [3.8, 4) is 0 Å². The minimum Gasteiger partial charge on any atom is -0.358 e. The number of nitrogens with zero attached hydrogens (tertiary/aromatic N) is 1. The second-order valence-electron chi connectivity index (χ2n) is 9.43. The highest BCUT2D eigenvalue weighted by Gasteiger charge is 2.54. The lowest BCUT2D eigenvalue weighted by Gasteiger charge is -2.58. The van der Waals surface area contributed by atoms with E-state index in [2.05, 4.69) is 22.2 Å². The number of pyridine rings is 1. The fraction of sp³-hybridized carbons (Fsp3) is 0.308. The predicted octanol–water partition coefficient (Wildman–Crippen LogP) is 5.62. The Morgan fingerprint density at radius 1 is 1.10 bits per heavy atom. The second kappa shape index (κ2) is 6.64. The van der Waals surface area contributed by atoms with Gasteiger partial charge in [-0.1, -0.05) is 24.3 Å². The van der Waals surface area contributed by atoms with Crippen LogP contribution in [0.3, 0.4) is 0 Å². The van der Waals surface area contributed by atoms with E-state index in [-0.39, 0.29) is 17.8 Å². The van der Waals surface area contributed by atoms with Crippen LogP contribution in [0.25, 0.3) is 21.8 Å². The molecule has 0 unspecified atom stereocenters. The molecule has 2 N–H and O–H groups in total. The molecule has 2 aliphatic carbocycles. The number of carbonyl (C=O) groups excluding carboxylic acids is 1. The number of nitrogens with one attached hydrogen (secondary N) is 2. The number of rotatable bonds is 3. The maximum absolute atomic E-state index is 13.8. The third kappa shape index (κ3) is 3.02. The fourth-order valence-electron chi connectivity index (χ4n) is 5.91. The van der Waals surface area contributed by atoms with Gasteiger partial charge in [-0.05, 0) is 79.8 Å². The van der Waals surface area contributed by atoms with Gasteiger partial charge in [0.25, 0.3) is 5.91 Å². The average molecular weight is 413 g/mol. The Bertz CT molecular complexity index is 1330. The first-order valence-electron chi connectivity index (χ1n) is 10.9. The molecule has 2 heterocycles. The van der Waals surface area contributed by atoms with E-state index in [1.807, 2.05) is 36.4 Å². The molecule has 0 aliphatic heterocycles. The van der Waals surface area contributed by atoms with E-state index in [1.54, 1.807) is 12.1 Å². The van der Waals surface area contributed by atoms with Gasteiger partial charge in [-0.15, -0.1) is 0 Å². The van der Waals surface area contributed by atoms with E-state index in [4.69, 9.17) is 0 Å². The van der Waals surface area contributed by atoms with Gasteiger partial charge in [0, 0.05) is 28.0 Å². The topological polar surface area (TPSA) is 57.8 Å². The molecular formula is C26H24FN3O. The highest BCUT2D eigenvalue weighted by atomic mass is 19.1. The van der Waals surface area contributed by atoms with Crippen LogP contribution in [0.1, 0.15) is 53.3 Å². The van der Waals surface area contributed by atoms with Gasteiger partial charge in [0.05, 0.1) is 5.52 Å². The summed E-state index contributed by atoms with van der Waals surface area (Å²) in [5.41, 5.74) is 5.06. The maximum atomic E-state index is 13.8. The van der Waals surface area contributed by atoms with E-state index in [9.17, 15) is 9.18 Å². The number of amides is 1. The summed E-state index contributed by atoms with van der Waals surface area (Å²) in [7, 11) is 0. The molecule has 0 atom stereocenters. The zero-order valence-corrected chi connectivity index (χ0v) is 17.4. The quantitative estimate of drug-likeness (QED) is 0.458. The lowest BCUT2D eigenvalue weighted by molar-refractivity contribution is -0.0185. The normalized spacial score (nSPS) is 24.8. The van der Waals surface area contributed by atoms with Gasteiger partial charge >= 0.3 is 0 Å². The first kappa shape index (κ1) is 18.6. The molecule has 0 saturated heterocycles. The van der Waals surface area contributed by atoms with Crippen molar-refractivity contribution in [1.82, 2.24) is 15.3 Å². The number of carbonyl (C=O) groups is 1. The number of aromatic amines is 1. The Morgan fingerprint density at radius 2 is 1.90 bits per heavy atom. The van der Waals surface area contributed by atoms with Crippen LogP contribution in [0.2, 0.25) is 0 Å². The Hall–Kier alpha value is -3.21. The summed E-state index contributed by atoms with van der Waals surface area (Å²) in [4.78, 5) is 20.6. The molecule has 5 heteroatoms. The molecule has 156 valence electrons. The second-order valence-corrected chi connectivity index (χ2v) is 9.43. The lowest BCUT2D eigenvalue weighted by Crippen LogP contribution is -2.55. The maximum Gasteiger partial charge on any atom is 0.270 e. The number of hydrogen-bond acceptors (Lipinski definition) is 2. The number of aromatic nitrogens is 2. The van der Waals surface area contributed by atoms with Crippen LogP contribution in [0.5, 0.6) is 0 Å². The number of halogens is 1. The Kier molecular flexibility index (Phi) is 3.98. The Morgan fingerprint density at radius 3 is 2.74 bits per heavy atom. The van der Waals surface area contributed by atoms with Gasteiger partial charge in [-0.3, -0.25) is 4.79 Å². The molecule has 2 saturated carbocycles. The van der Waals surface area contributed by atoms with Crippen LogP contribution in [0.15, 0.2) is 54.6 Å². The standard InChI is InChI=1S/C26H24FN3O/c1-15-24(20-10-18(27)7-9-22(20)28-15)17-11-26(12-17)13-19(14-26)29-25(31)23-8-6-16-4-2-3-5-21(16)30-23/h2-10,17,19,28H,11-14H2,1H3,(H,29,31). The molecule has 1 amide bonds. The number of hydrogen-bond donors (Lipinski definition) is 2. The number of benzene rings is 2. The fourth-order valence-corrected chi connectivity index (χ4v) is 5.91. The van der Waals surface area contributed by atoms with E-state index >= 15 is 0 Å². The van der Waals surface area contributed by atoms with Gasteiger partial charge in [0.15, 0.2) is 0 Å². The van der Waals surface area contributed by atoms with Crippen LogP contribution in [0, 0.1) is 18.2 Å². The first-order valence-corrected chi connectivity index (χ1v) is 10.9. The van der Waals surface area contributed by atoms with Crippen LogP contribution in [0.4, 0.5) is 4.39 Å². The molecule has 0 bridgehead atoms. The van der Waals surface area contributed by atoms with Crippen molar-refractivity contribution in [2.45, 2.75) is 44.6 Å². The summed E-state index contributed by atoms with van der Waals surface area (Å²) in [6, 6.07) is 16.8. The Balaban J connectivity index is 1.10. The van der Waals surface area contributed by atoms with E-state index in [0.29, 0.717) is 17.0 Å². The summed E-state index contributed by atoms with van der Waals surface area (Å²) in [5.74, 6) is 0.189. The van der Waals surface area contributed by atoms with Crippen molar-refractivity contribution in [2.24, 2.45) is 5.41 Å². The number of H-pyrrole nitrogens is 1. The third-order valence-electron chi connectivity index (χ3n) is 7.29. The van der Waals surface area contributed by atoms with Gasteiger partial charge in [-0.25, -0.2) is 9.37 Å². The molecule has 4 aromatic rings. The molecule has 31 heavy (non-hydrogen) atoms. The number of para-hydroxylation sites is 1. The van der Waals surface area contributed by atoms with Crippen molar-refractivity contribution in [1.29, 1.82) is 0 Å².